The van der Waals surface area contributed by atoms with Crippen molar-refractivity contribution in [1.82, 2.24) is 0 Å². The molecule has 0 saturated carbocycles. The lowest BCUT2D eigenvalue weighted by atomic mass is 10.3. The van der Waals surface area contributed by atoms with E-state index in [1.165, 1.54) is 47.9 Å². The molecule has 0 bridgehead atoms. The maximum Gasteiger partial charge on any atom is 0.513 e. The van der Waals surface area contributed by atoms with Crippen LogP contribution in [0.15, 0.2) is 36.9 Å². The first-order valence-corrected chi connectivity index (χ1v) is 11.4. The van der Waals surface area contributed by atoms with Gasteiger partial charge in [0.25, 0.3) is 5.69 Å². The summed E-state index contributed by atoms with van der Waals surface area (Å²) in [4.78, 5) is 21.7. The average molecular weight is 384 g/mol. The van der Waals surface area contributed by atoms with Gasteiger partial charge in [-0.15, -0.1) is 6.58 Å². The molecule has 0 N–H and O–H groups in total. The highest BCUT2D eigenvalue weighted by molar-refractivity contribution is 8.33. The van der Waals surface area contributed by atoms with Crippen molar-refractivity contribution in [3.63, 3.8) is 0 Å². The molecule has 146 valence electrons. The largest absolute Gasteiger partial charge is 0.513 e. The first kappa shape index (κ1) is 22.0. The lowest BCUT2D eigenvalue weighted by Gasteiger charge is -2.35. The summed E-state index contributed by atoms with van der Waals surface area (Å²) < 4.78 is 10.1. The Morgan fingerprint density at radius 3 is 2.50 bits per heavy atom. The first-order chi connectivity index (χ1) is 12.4. The summed E-state index contributed by atoms with van der Waals surface area (Å²) in [6, 6.07) is 5.31. The number of allylic oxidation sites excluding steroid dienone is 1. The Bertz CT molecular complexity index is 590. The van der Waals surface area contributed by atoms with E-state index in [9.17, 15) is 14.9 Å². The molecule has 1 unspecified atom stereocenters. The van der Waals surface area contributed by atoms with Gasteiger partial charge in [0.1, 0.15) is 5.75 Å². The second kappa shape index (κ2) is 11.6. The summed E-state index contributed by atoms with van der Waals surface area (Å²) in [5.41, 5.74) is -0.0557. The molecule has 0 amide bonds. The van der Waals surface area contributed by atoms with E-state index >= 15 is 0 Å². The second-order valence-corrected chi connectivity index (χ2v) is 10.5. The zero-order valence-electron chi connectivity index (χ0n) is 15.6. The molecule has 26 heavy (non-hydrogen) atoms. The number of carbonyl (C=O) groups is 1. The van der Waals surface area contributed by atoms with Gasteiger partial charge in [-0.3, -0.25) is 10.1 Å². The maximum absolute atomic E-state index is 11.7. The van der Waals surface area contributed by atoms with Crippen molar-refractivity contribution in [2.45, 2.75) is 32.6 Å². The number of carbonyl (C=O) groups excluding carboxylic acids is 1. The van der Waals surface area contributed by atoms with Crippen molar-refractivity contribution in [2.24, 2.45) is 0 Å². The monoisotopic (exact) mass is 383 g/mol. The number of ether oxygens (including phenoxy) is 2. The molecular formula is C19H29NO5S. The van der Waals surface area contributed by atoms with Crippen LogP contribution in [0.3, 0.4) is 0 Å². The number of benzene rings is 1. The molecule has 0 heterocycles. The summed E-state index contributed by atoms with van der Waals surface area (Å²) in [6.07, 6.45) is 7.67. The van der Waals surface area contributed by atoms with Gasteiger partial charge < -0.3 is 9.47 Å². The highest BCUT2D eigenvalue weighted by Crippen LogP contribution is 2.46. The predicted octanol–water partition coefficient (Wildman–Crippen LogP) is 5.31. The number of non-ortho nitro benzene ring substituents is 1. The highest BCUT2D eigenvalue weighted by Gasteiger charge is 2.16. The van der Waals surface area contributed by atoms with E-state index in [0.717, 1.165) is 19.3 Å². The predicted molar refractivity (Wildman–Crippen MR) is 108 cm³/mol. The molecule has 0 saturated heterocycles. The van der Waals surface area contributed by atoms with Crippen LogP contribution in [0.25, 0.3) is 0 Å². The fourth-order valence-corrected chi connectivity index (χ4v) is 5.87. The summed E-state index contributed by atoms with van der Waals surface area (Å²) >= 11 is 0. The van der Waals surface area contributed by atoms with Crippen LogP contribution in [0.4, 0.5) is 10.5 Å². The van der Waals surface area contributed by atoms with E-state index in [-0.39, 0.29) is 11.4 Å². The Hall–Kier alpha value is -2.02. The Morgan fingerprint density at radius 2 is 1.92 bits per heavy atom. The molecule has 0 aliphatic heterocycles. The van der Waals surface area contributed by atoms with Crippen LogP contribution < -0.4 is 4.74 Å². The van der Waals surface area contributed by atoms with Gasteiger partial charge in [0.15, 0.2) is 0 Å². The molecule has 0 aliphatic carbocycles. The van der Waals surface area contributed by atoms with Gasteiger partial charge in [0.05, 0.1) is 11.5 Å². The third-order valence-corrected chi connectivity index (χ3v) is 7.90. The molecule has 0 aliphatic rings. The number of nitrogens with zero attached hydrogens (tertiary/aromatic N) is 1. The molecule has 1 rings (SSSR count). The summed E-state index contributed by atoms with van der Waals surface area (Å²) in [6.45, 7) is 6.34. The summed E-state index contributed by atoms with van der Waals surface area (Å²) in [5.74, 6) is 3.89. The smallest absolute Gasteiger partial charge is 0.434 e. The zero-order valence-corrected chi connectivity index (χ0v) is 16.5. The Balaban J connectivity index is 2.28. The molecule has 7 heteroatoms. The molecule has 1 atom stereocenters. The van der Waals surface area contributed by atoms with Crippen molar-refractivity contribution in [1.29, 1.82) is 0 Å². The minimum atomic E-state index is -0.783. The van der Waals surface area contributed by atoms with Crippen LogP contribution in [0, 0.1) is 10.1 Å². The number of hydrogen-bond acceptors (Lipinski definition) is 5. The van der Waals surface area contributed by atoms with Crippen LogP contribution in [-0.4, -0.2) is 41.2 Å². The number of rotatable bonds is 12. The standard InChI is InChI=1S/C19H29NO5S/c1-4-6-15-26(3,14-5-2)16-8-7-13-24-19(21)25-18-11-9-17(10-12-18)20(22)23/h4,9-12H,1,5-8,13-16H2,2-3H3. The molecule has 6 nitrogen and oxygen atoms in total. The van der Waals surface area contributed by atoms with Gasteiger partial charge in [-0.05, 0) is 61.3 Å². The average Bonchev–Trinajstić information content (AvgIpc) is 2.60. The van der Waals surface area contributed by atoms with Crippen LogP contribution >= 0.6 is 10.0 Å². The van der Waals surface area contributed by atoms with Crippen LogP contribution in [0.2, 0.25) is 0 Å². The second-order valence-electron chi connectivity index (χ2n) is 6.33. The van der Waals surface area contributed by atoms with E-state index in [2.05, 4.69) is 19.8 Å². The number of nitro benzene ring substituents is 1. The van der Waals surface area contributed by atoms with Crippen LogP contribution in [0.5, 0.6) is 5.75 Å². The topological polar surface area (TPSA) is 78.7 Å². The summed E-state index contributed by atoms with van der Waals surface area (Å²) in [5, 5.41) is 10.6. The van der Waals surface area contributed by atoms with Crippen molar-refractivity contribution in [3.8, 4) is 5.75 Å². The lowest BCUT2D eigenvalue weighted by molar-refractivity contribution is -0.384. The van der Waals surface area contributed by atoms with E-state index in [0.29, 0.717) is 6.61 Å². The van der Waals surface area contributed by atoms with Crippen LogP contribution in [-0.2, 0) is 4.74 Å². The molecule has 0 fully saturated rings. The Kier molecular flexibility index (Phi) is 9.80. The van der Waals surface area contributed by atoms with Gasteiger partial charge in [-0.25, -0.2) is 14.8 Å². The highest BCUT2D eigenvalue weighted by atomic mass is 32.3. The van der Waals surface area contributed by atoms with E-state index < -0.39 is 21.1 Å². The van der Waals surface area contributed by atoms with Crippen molar-refractivity contribution in [3.05, 3.63) is 47.0 Å². The molecule has 1 aromatic rings. The van der Waals surface area contributed by atoms with Gasteiger partial charge in [0, 0.05) is 12.1 Å². The van der Waals surface area contributed by atoms with Crippen LogP contribution in [0.1, 0.15) is 32.6 Å². The number of hydrogen-bond donors (Lipinski definition) is 0. The Morgan fingerprint density at radius 1 is 1.23 bits per heavy atom. The van der Waals surface area contributed by atoms with Crippen molar-refractivity contribution < 1.29 is 19.2 Å². The van der Waals surface area contributed by atoms with Gasteiger partial charge in [-0.2, -0.15) is 0 Å². The molecule has 1 aromatic carbocycles. The third-order valence-electron chi connectivity index (χ3n) is 4.01. The third kappa shape index (κ3) is 8.38. The van der Waals surface area contributed by atoms with E-state index in [1.54, 1.807) is 0 Å². The van der Waals surface area contributed by atoms with Gasteiger partial charge in [0.2, 0.25) is 0 Å². The fourth-order valence-electron chi connectivity index (χ4n) is 2.64. The molecule has 0 spiro atoms. The SMILES string of the molecule is C=CCCS(C)(CCC)CCCCOC(=O)Oc1ccc([N+](=O)[O-])cc1. The van der Waals surface area contributed by atoms with Gasteiger partial charge >= 0.3 is 6.16 Å². The summed E-state index contributed by atoms with van der Waals surface area (Å²) in [7, 11) is -0.610. The van der Waals surface area contributed by atoms with Crippen molar-refractivity contribution in [2.75, 3.05) is 30.1 Å². The zero-order chi connectivity index (χ0) is 19.4. The molecule has 0 radical (unpaired) electrons. The molecule has 0 aromatic heterocycles. The lowest BCUT2D eigenvalue weighted by Crippen LogP contribution is -2.14. The minimum Gasteiger partial charge on any atom is -0.434 e. The quantitative estimate of drug-likeness (QED) is 0.122. The molecular weight excluding hydrogens is 354 g/mol. The van der Waals surface area contributed by atoms with Gasteiger partial charge in [-0.1, -0.05) is 13.0 Å². The fraction of sp³-hybridized carbons (Fsp3) is 0.526. The van der Waals surface area contributed by atoms with E-state index in [1.807, 2.05) is 6.08 Å². The normalized spacial score (nSPS) is 14.1. The maximum atomic E-state index is 11.7. The number of unbranched alkanes of at least 4 members (excludes halogenated alkanes) is 1. The van der Waals surface area contributed by atoms with E-state index in [4.69, 9.17) is 9.47 Å². The number of nitro groups is 1. The minimum absolute atomic E-state index is 0.0557. The van der Waals surface area contributed by atoms with Crippen molar-refractivity contribution >= 4 is 21.9 Å². The first-order valence-electron chi connectivity index (χ1n) is 8.81. The Labute approximate surface area is 157 Å².